The molecule has 2 aromatic carbocycles. The minimum Gasteiger partial charge on any atom is -0.289 e. The van der Waals surface area contributed by atoms with Crippen LogP contribution in [0.25, 0.3) is 10.4 Å². The number of carbonyl (C=O) groups excluding carboxylic acids is 2. The summed E-state index contributed by atoms with van der Waals surface area (Å²) in [5, 5.41) is 0.511. The molecule has 1 aliphatic carbocycles. The molecule has 0 bridgehead atoms. The predicted octanol–water partition coefficient (Wildman–Crippen LogP) is 5.96. The van der Waals surface area contributed by atoms with E-state index in [-0.39, 0.29) is 11.6 Å². The van der Waals surface area contributed by atoms with Crippen molar-refractivity contribution in [1.29, 1.82) is 0 Å². The summed E-state index contributed by atoms with van der Waals surface area (Å²) in [5.41, 5.74) is 3.18. The lowest BCUT2D eigenvalue weighted by Gasteiger charge is -2.06. The Morgan fingerprint density at radius 2 is 1.88 bits per heavy atom. The van der Waals surface area contributed by atoms with Crippen molar-refractivity contribution in [2.24, 2.45) is 0 Å². The largest absolute Gasteiger partial charge is 0.289 e. The van der Waals surface area contributed by atoms with Gasteiger partial charge in [-0.05, 0) is 17.9 Å². The SMILES string of the molecule is CCSc1sc2c(c1C(=O)c1cccc(Cl)c1)C(=O)c1ccccc1-2. The van der Waals surface area contributed by atoms with E-state index < -0.39 is 0 Å². The van der Waals surface area contributed by atoms with Gasteiger partial charge in [0.1, 0.15) is 0 Å². The lowest BCUT2D eigenvalue weighted by Crippen LogP contribution is -2.08. The topological polar surface area (TPSA) is 34.1 Å². The lowest BCUT2D eigenvalue weighted by molar-refractivity contribution is 0.100. The third-order valence-corrected chi connectivity index (χ3v) is 6.72. The fourth-order valence-corrected chi connectivity index (χ4v) is 5.74. The number of rotatable bonds is 4. The highest BCUT2D eigenvalue weighted by Gasteiger charge is 2.36. The van der Waals surface area contributed by atoms with Crippen LogP contribution in [-0.4, -0.2) is 17.3 Å². The smallest absolute Gasteiger partial charge is 0.195 e. The molecule has 0 spiro atoms. The number of benzene rings is 2. The third-order valence-electron chi connectivity index (χ3n) is 4.11. The van der Waals surface area contributed by atoms with Crippen molar-refractivity contribution in [2.45, 2.75) is 11.1 Å². The zero-order valence-electron chi connectivity index (χ0n) is 13.3. The van der Waals surface area contributed by atoms with E-state index in [0.717, 1.165) is 20.4 Å². The Labute approximate surface area is 158 Å². The van der Waals surface area contributed by atoms with Crippen molar-refractivity contribution in [2.75, 3.05) is 5.75 Å². The zero-order chi connectivity index (χ0) is 17.6. The first-order valence-corrected chi connectivity index (χ1v) is 10.0. The van der Waals surface area contributed by atoms with E-state index in [1.165, 1.54) is 11.3 Å². The van der Waals surface area contributed by atoms with Gasteiger partial charge in [0, 0.05) is 26.6 Å². The van der Waals surface area contributed by atoms with E-state index in [9.17, 15) is 9.59 Å². The number of thiophene rings is 1. The molecule has 0 unspecified atom stereocenters. The molecule has 1 aliphatic rings. The summed E-state index contributed by atoms with van der Waals surface area (Å²) in [4.78, 5) is 27.0. The van der Waals surface area contributed by atoms with Crippen LogP contribution in [-0.2, 0) is 0 Å². The molecule has 5 heteroatoms. The number of fused-ring (bicyclic) bond motifs is 3. The molecule has 25 heavy (non-hydrogen) atoms. The van der Waals surface area contributed by atoms with Crippen LogP contribution in [0.5, 0.6) is 0 Å². The zero-order valence-corrected chi connectivity index (χ0v) is 15.7. The van der Waals surface area contributed by atoms with Gasteiger partial charge in [0.15, 0.2) is 11.6 Å². The Kier molecular flexibility index (Phi) is 4.28. The summed E-state index contributed by atoms with van der Waals surface area (Å²) >= 11 is 9.19. The van der Waals surface area contributed by atoms with Crippen LogP contribution in [0.2, 0.25) is 5.02 Å². The van der Waals surface area contributed by atoms with Gasteiger partial charge in [-0.3, -0.25) is 9.59 Å². The Hall–Kier alpha value is -1.88. The second-order valence-corrected chi connectivity index (χ2v) is 8.61. The number of hydrogen-bond donors (Lipinski definition) is 0. The van der Waals surface area contributed by atoms with Gasteiger partial charge in [0.2, 0.25) is 0 Å². The summed E-state index contributed by atoms with van der Waals surface area (Å²) in [6.45, 7) is 2.04. The van der Waals surface area contributed by atoms with E-state index in [0.29, 0.717) is 27.3 Å². The van der Waals surface area contributed by atoms with E-state index in [1.807, 2.05) is 31.2 Å². The quantitative estimate of drug-likeness (QED) is 0.322. The molecule has 0 N–H and O–H groups in total. The molecule has 1 heterocycles. The Bertz CT molecular complexity index is 1020. The Morgan fingerprint density at radius 1 is 1.12 bits per heavy atom. The molecule has 124 valence electrons. The molecule has 3 aromatic rings. The first-order chi connectivity index (χ1) is 12.1. The summed E-state index contributed by atoms with van der Waals surface area (Å²) in [6, 6.07) is 14.4. The predicted molar refractivity (Wildman–Crippen MR) is 104 cm³/mol. The maximum Gasteiger partial charge on any atom is 0.195 e. The molecule has 0 atom stereocenters. The van der Waals surface area contributed by atoms with Crippen molar-refractivity contribution >= 4 is 46.3 Å². The van der Waals surface area contributed by atoms with Crippen LogP contribution in [0.3, 0.4) is 0 Å². The highest BCUT2D eigenvalue weighted by molar-refractivity contribution is 8.01. The highest BCUT2D eigenvalue weighted by Crippen LogP contribution is 2.48. The average molecular weight is 385 g/mol. The summed E-state index contributed by atoms with van der Waals surface area (Å²) in [5.74, 6) is 0.637. The van der Waals surface area contributed by atoms with Crippen molar-refractivity contribution < 1.29 is 9.59 Å². The Morgan fingerprint density at radius 3 is 2.60 bits per heavy atom. The third kappa shape index (κ3) is 2.65. The molecular weight excluding hydrogens is 372 g/mol. The van der Waals surface area contributed by atoms with Crippen molar-refractivity contribution in [3.8, 4) is 10.4 Å². The number of hydrogen-bond acceptors (Lipinski definition) is 4. The van der Waals surface area contributed by atoms with Gasteiger partial charge in [0.05, 0.1) is 15.3 Å². The first kappa shape index (κ1) is 16.6. The van der Waals surface area contributed by atoms with Crippen LogP contribution in [0, 0.1) is 0 Å². The van der Waals surface area contributed by atoms with Crippen LogP contribution in [0.4, 0.5) is 0 Å². The highest BCUT2D eigenvalue weighted by atomic mass is 35.5. The molecule has 1 aromatic heterocycles. The first-order valence-electron chi connectivity index (χ1n) is 7.85. The van der Waals surface area contributed by atoms with Crippen molar-refractivity contribution in [1.82, 2.24) is 0 Å². The molecule has 0 amide bonds. The standard InChI is InChI=1S/C20H13ClO2S2/c1-2-24-20-16(17(22)11-6-5-7-12(21)10-11)15-18(23)13-8-3-4-9-14(13)19(15)25-20/h3-10H,2H2,1H3. The minimum atomic E-state index is -0.142. The van der Waals surface area contributed by atoms with Crippen molar-refractivity contribution in [3.05, 3.63) is 75.8 Å². The van der Waals surface area contributed by atoms with Gasteiger partial charge in [0.25, 0.3) is 0 Å². The maximum atomic E-state index is 13.2. The van der Waals surface area contributed by atoms with Crippen LogP contribution in [0.15, 0.2) is 52.7 Å². The van der Waals surface area contributed by atoms with Crippen LogP contribution in [0.1, 0.15) is 38.8 Å². The Balaban J connectivity index is 1.93. The van der Waals surface area contributed by atoms with Crippen LogP contribution >= 0.6 is 34.7 Å². The normalized spacial score (nSPS) is 12.2. The fourth-order valence-electron chi connectivity index (χ4n) is 3.04. The fraction of sp³-hybridized carbons (Fsp3) is 0.100. The molecular formula is C20H13ClO2S2. The van der Waals surface area contributed by atoms with E-state index in [2.05, 4.69) is 0 Å². The minimum absolute atomic E-state index is 0.0600. The van der Waals surface area contributed by atoms with Gasteiger partial charge in [-0.15, -0.1) is 23.1 Å². The number of carbonyl (C=O) groups is 2. The second-order valence-electron chi connectivity index (χ2n) is 5.62. The monoisotopic (exact) mass is 384 g/mol. The van der Waals surface area contributed by atoms with E-state index in [4.69, 9.17) is 11.6 Å². The molecule has 0 radical (unpaired) electrons. The molecule has 0 saturated heterocycles. The second kappa shape index (κ2) is 6.45. The van der Waals surface area contributed by atoms with Gasteiger partial charge in [-0.25, -0.2) is 0 Å². The summed E-state index contributed by atoms with van der Waals surface area (Å²) in [6.07, 6.45) is 0. The number of thioether (sulfide) groups is 1. The summed E-state index contributed by atoms with van der Waals surface area (Å²) in [7, 11) is 0. The lowest BCUT2D eigenvalue weighted by atomic mass is 10.00. The van der Waals surface area contributed by atoms with Gasteiger partial charge in [-0.1, -0.05) is 54.9 Å². The summed E-state index contributed by atoms with van der Waals surface area (Å²) < 4.78 is 0.903. The van der Waals surface area contributed by atoms with Gasteiger partial charge < -0.3 is 0 Å². The number of ketones is 2. The van der Waals surface area contributed by atoms with Gasteiger partial charge in [-0.2, -0.15) is 0 Å². The molecule has 0 fully saturated rings. The van der Waals surface area contributed by atoms with Gasteiger partial charge >= 0.3 is 0 Å². The maximum absolute atomic E-state index is 13.2. The number of halogens is 1. The molecule has 0 aliphatic heterocycles. The molecule has 0 saturated carbocycles. The van der Waals surface area contributed by atoms with Crippen LogP contribution < -0.4 is 0 Å². The molecule has 2 nitrogen and oxygen atoms in total. The van der Waals surface area contributed by atoms with E-state index >= 15 is 0 Å². The van der Waals surface area contributed by atoms with Crippen molar-refractivity contribution in [3.63, 3.8) is 0 Å². The average Bonchev–Trinajstić information content (AvgIpc) is 3.11. The molecule has 4 rings (SSSR count). The van der Waals surface area contributed by atoms with E-state index in [1.54, 1.807) is 36.0 Å².